The number of carbonyl (C=O) groups excluding carboxylic acids is 1. The number of carbonyl (C=O) groups is 1. The molecule has 0 spiro atoms. The minimum atomic E-state index is -0.245. The summed E-state index contributed by atoms with van der Waals surface area (Å²) >= 11 is 3.04. The minimum absolute atomic E-state index is 0.182. The Morgan fingerprint density at radius 3 is 2.85 bits per heavy atom. The molecular formula is C19H17N3O3S2. The highest BCUT2D eigenvalue weighted by molar-refractivity contribution is 8.01. The second kappa shape index (κ2) is 8.41. The number of rotatable bonds is 7. The van der Waals surface area contributed by atoms with Crippen molar-refractivity contribution >= 4 is 34.1 Å². The van der Waals surface area contributed by atoms with E-state index in [0.717, 1.165) is 22.9 Å². The fraction of sp³-hybridized carbons (Fsp3) is 0.211. The van der Waals surface area contributed by atoms with Crippen molar-refractivity contribution < 1.29 is 14.3 Å². The van der Waals surface area contributed by atoms with E-state index in [1.807, 2.05) is 6.07 Å². The van der Waals surface area contributed by atoms with Crippen molar-refractivity contribution in [1.29, 1.82) is 0 Å². The van der Waals surface area contributed by atoms with Gasteiger partial charge in [-0.3, -0.25) is 10.1 Å². The van der Waals surface area contributed by atoms with Crippen LogP contribution in [-0.4, -0.2) is 28.7 Å². The van der Waals surface area contributed by atoms with Crippen LogP contribution < -0.4 is 14.8 Å². The standard InChI is InChI=1S/C19H17N3O3S2/c23-17(14-8-9-15-16(11-14)25-12-24-15)20-18-21-22-19(27-18)26-10-4-7-13-5-2-1-3-6-13/h1-3,5-6,8-9,11H,4,7,10,12H2,(H,20,21,23). The molecule has 1 aliphatic heterocycles. The predicted molar refractivity (Wildman–Crippen MR) is 106 cm³/mol. The largest absolute Gasteiger partial charge is 0.454 e. The topological polar surface area (TPSA) is 73.3 Å². The first kappa shape index (κ1) is 17.8. The summed E-state index contributed by atoms with van der Waals surface area (Å²) in [6.45, 7) is 0.182. The van der Waals surface area contributed by atoms with Gasteiger partial charge < -0.3 is 9.47 Å². The third-order valence-electron chi connectivity index (χ3n) is 3.94. The Bertz CT molecular complexity index is 931. The van der Waals surface area contributed by atoms with Crippen LogP contribution in [0.4, 0.5) is 5.13 Å². The fourth-order valence-corrected chi connectivity index (χ4v) is 4.36. The van der Waals surface area contributed by atoms with E-state index in [0.29, 0.717) is 22.2 Å². The molecule has 6 nitrogen and oxygen atoms in total. The van der Waals surface area contributed by atoms with Crippen molar-refractivity contribution in [2.45, 2.75) is 17.2 Å². The van der Waals surface area contributed by atoms with Crippen LogP contribution in [-0.2, 0) is 6.42 Å². The van der Waals surface area contributed by atoms with Crippen molar-refractivity contribution in [3.05, 3.63) is 59.7 Å². The van der Waals surface area contributed by atoms with Gasteiger partial charge in [0.25, 0.3) is 5.91 Å². The molecule has 3 aromatic rings. The zero-order valence-corrected chi connectivity index (χ0v) is 16.0. The summed E-state index contributed by atoms with van der Waals surface area (Å²) in [6, 6.07) is 15.5. The Hall–Kier alpha value is -2.58. The Morgan fingerprint density at radius 2 is 1.96 bits per heavy atom. The van der Waals surface area contributed by atoms with Gasteiger partial charge in [0, 0.05) is 11.3 Å². The Morgan fingerprint density at radius 1 is 1.11 bits per heavy atom. The summed E-state index contributed by atoms with van der Waals surface area (Å²) < 4.78 is 11.4. The van der Waals surface area contributed by atoms with Gasteiger partial charge in [0.15, 0.2) is 15.8 Å². The van der Waals surface area contributed by atoms with E-state index in [1.165, 1.54) is 16.9 Å². The predicted octanol–water partition coefficient (Wildman–Crippen LogP) is 4.24. The lowest BCUT2D eigenvalue weighted by atomic mass is 10.1. The highest BCUT2D eigenvalue weighted by Gasteiger charge is 2.17. The van der Waals surface area contributed by atoms with E-state index in [1.54, 1.807) is 30.0 Å². The number of nitrogens with zero attached hydrogens (tertiary/aromatic N) is 2. The first-order chi connectivity index (χ1) is 13.3. The number of nitrogens with one attached hydrogen (secondary N) is 1. The van der Waals surface area contributed by atoms with Crippen molar-refractivity contribution in [3.63, 3.8) is 0 Å². The van der Waals surface area contributed by atoms with Crippen LogP contribution >= 0.6 is 23.1 Å². The molecule has 0 aliphatic carbocycles. The summed E-state index contributed by atoms with van der Waals surface area (Å²) in [6.07, 6.45) is 2.10. The van der Waals surface area contributed by atoms with Gasteiger partial charge in [0.05, 0.1) is 0 Å². The maximum absolute atomic E-state index is 12.4. The highest BCUT2D eigenvalue weighted by atomic mass is 32.2. The van der Waals surface area contributed by atoms with Crippen LogP contribution in [0, 0.1) is 0 Å². The van der Waals surface area contributed by atoms with E-state index < -0.39 is 0 Å². The van der Waals surface area contributed by atoms with Crippen molar-refractivity contribution in [2.75, 3.05) is 17.9 Å². The number of aromatic nitrogens is 2. The zero-order valence-electron chi connectivity index (χ0n) is 14.4. The third kappa shape index (κ3) is 4.58. The molecule has 4 rings (SSSR count). The number of ether oxygens (including phenoxy) is 2. The maximum atomic E-state index is 12.4. The van der Waals surface area contributed by atoms with Crippen LogP contribution in [0.3, 0.4) is 0 Å². The number of anilines is 1. The monoisotopic (exact) mass is 399 g/mol. The lowest BCUT2D eigenvalue weighted by Crippen LogP contribution is -2.11. The fourth-order valence-electron chi connectivity index (χ4n) is 2.61. The summed E-state index contributed by atoms with van der Waals surface area (Å²) in [4.78, 5) is 12.4. The van der Waals surface area contributed by atoms with Gasteiger partial charge >= 0.3 is 0 Å². The second-order valence-corrected chi connectivity index (χ2v) is 8.15. The summed E-state index contributed by atoms with van der Waals surface area (Å²) in [5.41, 5.74) is 1.83. The van der Waals surface area contributed by atoms with Gasteiger partial charge in [-0.1, -0.05) is 53.4 Å². The Labute approximate surface area is 164 Å². The van der Waals surface area contributed by atoms with E-state index in [9.17, 15) is 4.79 Å². The molecule has 0 fully saturated rings. The van der Waals surface area contributed by atoms with Gasteiger partial charge in [-0.2, -0.15) is 0 Å². The van der Waals surface area contributed by atoms with Gasteiger partial charge in [0.2, 0.25) is 11.9 Å². The molecule has 0 bridgehead atoms. The highest BCUT2D eigenvalue weighted by Crippen LogP contribution is 2.33. The molecule has 1 amide bonds. The van der Waals surface area contributed by atoms with Crippen molar-refractivity contribution in [3.8, 4) is 11.5 Å². The average Bonchev–Trinajstić information content (AvgIpc) is 3.34. The maximum Gasteiger partial charge on any atom is 0.257 e. The lowest BCUT2D eigenvalue weighted by molar-refractivity contribution is 0.102. The number of benzene rings is 2. The van der Waals surface area contributed by atoms with Gasteiger partial charge in [-0.25, -0.2) is 0 Å². The number of amides is 1. The summed E-state index contributed by atoms with van der Waals surface area (Å²) in [5.74, 6) is 1.94. The quantitative estimate of drug-likeness (QED) is 0.364. The molecule has 138 valence electrons. The number of aryl methyl sites for hydroxylation is 1. The van der Waals surface area contributed by atoms with Gasteiger partial charge in [-0.05, 0) is 36.6 Å². The normalized spacial score (nSPS) is 12.1. The van der Waals surface area contributed by atoms with E-state index in [-0.39, 0.29) is 12.7 Å². The Balaban J connectivity index is 1.27. The third-order valence-corrected chi connectivity index (χ3v) is 6.00. The number of hydrogen-bond donors (Lipinski definition) is 1. The minimum Gasteiger partial charge on any atom is -0.454 e. The molecule has 2 heterocycles. The number of fused-ring (bicyclic) bond motifs is 1. The number of hydrogen-bond acceptors (Lipinski definition) is 7. The average molecular weight is 399 g/mol. The molecular weight excluding hydrogens is 382 g/mol. The molecule has 2 aromatic carbocycles. The molecule has 1 aromatic heterocycles. The second-order valence-electron chi connectivity index (χ2n) is 5.83. The van der Waals surface area contributed by atoms with Crippen LogP contribution in [0.2, 0.25) is 0 Å². The van der Waals surface area contributed by atoms with Crippen LogP contribution in [0.25, 0.3) is 0 Å². The van der Waals surface area contributed by atoms with E-state index in [4.69, 9.17) is 9.47 Å². The molecule has 0 unspecified atom stereocenters. The molecule has 8 heteroatoms. The zero-order chi connectivity index (χ0) is 18.5. The molecule has 0 radical (unpaired) electrons. The van der Waals surface area contributed by atoms with Crippen molar-refractivity contribution in [2.24, 2.45) is 0 Å². The van der Waals surface area contributed by atoms with Crippen LogP contribution in [0.15, 0.2) is 52.9 Å². The number of thioether (sulfide) groups is 1. The van der Waals surface area contributed by atoms with Crippen molar-refractivity contribution in [1.82, 2.24) is 10.2 Å². The molecule has 1 aliphatic rings. The first-order valence-electron chi connectivity index (χ1n) is 8.49. The Kier molecular flexibility index (Phi) is 5.55. The van der Waals surface area contributed by atoms with E-state index >= 15 is 0 Å². The first-order valence-corrected chi connectivity index (χ1v) is 10.3. The molecule has 1 N–H and O–H groups in total. The lowest BCUT2D eigenvalue weighted by Gasteiger charge is -2.02. The molecule has 0 saturated carbocycles. The summed E-state index contributed by atoms with van der Waals surface area (Å²) in [5, 5.41) is 11.5. The molecule has 0 saturated heterocycles. The smallest absolute Gasteiger partial charge is 0.257 e. The SMILES string of the molecule is O=C(Nc1nnc(SCCCc2ccccc2)s1)c1ccc2c(c1)OCO2. The van der Waals surface area contributed by atoms with Gasteiger partial charge in [0.1, 0.15) is 0 Å². The van der Waals surface area contributed by atoms with Crippen LogP contribution in [0.5, 0.6) is 11.5 Å². The molecule has 27 heavy (non-hydrogen) atoms. The van der Waals surface area contributed by atoms with Gasteiger partial charge in [-0.15, -0.1) is 10.2 Å². The summed E-state index contributed by atoms with van der Waals surface area (Å²) in [7, 11) is 0. The molecule has 0 atom stereocenters. The van der Waals surface area contributed by atoms with Crippen LogP contribution in [0.1, 0.15) is 22.3 Å². The van der Waals surface area contributed by atoms with E-state index in [2.05, 4.69) is 39.8 Å².